The van der Waals surface area contributed by atoms with Crippen LogP contribution in [0.15, 0.2) is 0 Å². The number of hydrogen-bond donors (Lipinski definition) is 1. The Morgan fingerprint density at radius 3 is 2.38 bits per heavy atom. The predicted octanol–water partition coefficient (Wildman–Crippen LogP) is 1.27. The molecule has 1 N–H and O–H groups in total. The molecule has 16 heavy (non-hydrogen) atoms. The Balaban J connectivity index is 2.15. The smallest absolute Gasteiger partial charge is 0.337 e. The molecule has 1 saturated carbocycles. The Labute approximate surface area is 89.8 Å². The highest BCUT2D eigenvalue weighted by atomic mass is 19.4. The van der Waals surface area contributed by atoms with Crippen molar-refractivity contribution in [2.24, 2.45) is 5.41 Å². The minimum Gasteiger partial charge on any atom is -0.337 e. The number of hydrogen-bond acceptors (Lipinski definition) is 2. The predicted molar refractivity (Wildman–Crippen MR) is 47.5 cm³/mol. The van der Waals surface area contributed by atoms with Crippen molar-refractivity contribution in [1.82, 2.24) is 10.2 Å². The molecule has 0 bridgehead atoms. The van der Waals surface area contributed by atoms with Gasteiger partial charge in [0.15, 0.2) is 0 Å². The van der Waals surface area contributed by atoms with Crippen LogP contribution in [-0.4, -0.2) is 36.1 Å². The van der Waals surface area contributed by atoms with Crippen LogP contribution in [0.4, 0.5) is 18.0 Å². The Kier molecular flexibility index (Phi) is 2.36. The number of carbonyl (C=O) groups is 2. The van der Waals surface area contributed by atoms with Crippen LogP contribution in [0.25, 0.3) is 0 Å². The summed E-state index contributed by atoms with van der Waals surface area (Å²) in [5.74, 6) is -0.681. The largest absolute Gasteiger partial charge is 0.406 e. The van der Waals surface area contributed by atoms with Gasteiger partial charge in [0.1, 0.15) is 6.54 Å². The van der Waals surface area contributed by atoms with Gasteiger partial charge in [-0.25, -0.2) is 4.79 Å². The summed E-state index contributed by atoms with van der Waals surface area (Å²) in [4.78, 5) is 23.3. The molecule has 90 valence electrons. The van der Waals surface area contributed by atoms with Gasteiger partial charge in [0.05, 0.1) is 5.41 Å². The van der Waals surface area contributed by atoms with E-state index in [2.05, 4.69) is 5.32 Å². The topological polar surface area (TPSA) is 49.4 Å². The van der Waals surface area contributed by atoms with Crippen LogP contribution < -0.4 is 5.32 Å². The summed E-state index contributed by atoms with van der Waals surface area (Å²) in [6.07, 6.45) is -2.61. The number of nitrogens with zero attached hydrogens (tertiary/aromatic N) is 1. The van der Waals surface area contributed by atoms with Crippen molar-refractivity contribution in [1.29, 1.82) is 0 Å². The summed E-state index contributed by atoms with van der Waals surface area (Å²) in [6, 6.07) is -0.945. The van der Waals surface area contributed by atoms with E-state index in [0.717, 1.165) is 6.42 Å². The summed E-state index contributed by atoms with van der Waals surface area (Å²) >= 11 is 0. The average Bonchev–Trinajstić information content (AvgIpc) is 2.08. The standard InChI is InChI=1S/C9H11F3N2O2/c10-9(11,12)5-14-6(15)8(2-1-3-8)4-13-7(14)16/h1-5H2,(H,13,16). The maximum atomic E-state index is 12.2. The summed E-state index contributed by atoms with van der Waals surface area (Å²) in [6.45, 7) is -1.33. The summed E-state index contributed by atoms with van der Waals surface area (Å²) in [5.41, 5.74) is -0.765. The zero-order valence-electron chi connectivity index (χ0n) is 8.43. The molecule has 0 aromatic rings. The van der Waals surface area contributed by atoms with Crippen LogP contribution in [0.5, 0.6) is 0 Å². The first-order chi connectivity index (χ1) is 7.34. The molecule has 2 fully saturated rings. The van der Waals surface area contributed by atoms with Crippen molar-refractivity contribution in [3.8, 4) is 0 Å². The molecule has 1 spiro atoms. The number of imide groups is 1. The van der Waals surface area contributed by atoms with E-state index in [1.54, 1.807) is 0 Å². The number of rotatable bonds is 1. The van der Waals surface area contributed by atoms with Gasteiger partial charge in [0.25, 0.3) is 0 Å². The lowest BCUT2D eigenvalue weighted by atomic mass is 9.67. The average molecular weight is 236 g/mol. The van der Waals surface area contributed by atoms with E-state index in [9.17, 15) is 22.8 Å². The minimum absolute atomic E-state index is 0.166. The van der Waals surface area contributed by atoms with Crippen LogP contribution in [0, 0.1) is 5.41 Å². The molecule has 1 aliphatic heterocycles. The molecule has 7 heteroatoms. The normalized spacial score (nSPS) is 24.3. The molecule has 2 aliphatic rings. The van der Waals surface area contributed by atoms with E-state index in [4.69, 9.17) is 0 Å². The lowest BCUT2D eigenvalue weighted by molar-refractivity contribution is -0.167. The van der Waals surface area contributed by atoms with Gasteiger partial charge < -0.3 is 5.32 Å². The third-order valence-corrected chi connectivity index (χ3v) is 3.17. The summed E-state index contributed by atoms with van der Waals surface area (Å²) in [5, 5.41) is 2.34. The van der Waals surface area contributed by atoms with Gasteiger partial charge in [0.2, 0.25) is 5.91 Å². The first-order valence-electron chi connectivity index (χ1n) is 5.01. The third-order valence-electron chi connectivity index (χ3n) is 3.17. The van der Waals surface area contributed by atoms with Crippen molar-refractivity contribution in [3.05, 3.63) is 0 Å². The van der Waals surface area contributed by atoms with Crippen molar-refractivity contribution in [3.63, 3.8) is 0 Å². The zero-order valence-corrected chi connectivity index (χ0v) is 8.43. The fourth-order valence-corrected chi connectivity index (χ4v) is 2.11. The number of alkyl halides is 3. The van der Waals surface area contributed by atoms with E-state index >= 15 is 0 Å². The number of nitrogens with one attached hydrogen (secondary N) is 1. The molecule has 0 aromatic heterocycles. The van der Waals surface area contributed by atoms with Crippen LogP contribution in [0.1, 0.15) is 19.3 Å². The van der Waals surface area contributed by atoms with Crippen molar-refractivity contribution in [2.45, 2.75) is 25.4 Å². The molecule has 1 heterocycles. The van der Waals surface area contributed by atoms with Gasteiger partial charge in [-0.3, -0.25) is 9.69 Å². The molecule has 0 unspecified atom stereocenters. The fourth-order valence-electron chi connectivity index (χ4n) is 2.11. The van der Waals surface area contributed by atoms with E-state index in [1.165, 1.54) is 0 Å². The number of halogens is 3. The maximum Gasteiger partial charge on any atom is 0.406 e. The minimum atomic E-state index is -4.55. The highest BCUT2D eigenvalue weighted by Gasteiger charge is 2.52. The molecule has 0 radical (unpaired) electrons. The third kappa shape index (κ3) is 1.74. The van der Waals surface area contributed by atoms with Crippen LogP contribution >= 0.6 is 0 Å². The van der Waals surface area contributed by atoms with E-state index in [-0.39, 0.29) is 11.4 Å². The quantitative estimate of drug-likeness (QED) is 0.745. The molecular formula is C9H11F3N2O2. The summed E-state index contributed by atoms with van der Waals surface area (Å²) in [7, 11) is 0. The lowest BCUT2D eigenvalue weighted by Gasteiger charge is -2.46. The van der Waals surface area contributed by atoms with Gasteiger partial charge >= 0.3 is 12.2 Å². The fraction of sp³-hybridized carbons (Fsp3) is 0.778. The first kappa shape index (κ1) is 11.2. The highest BCUT2D eigenvalue weighted by molar-refractivity contribution is 6.00. The molecule has 0 atom stereocenters. The second-order valence-corrected chi connectivity index (χ2v) is 4.30. The van der Waals surface area contributed by atoms with Gasteiger partial charge in [-0.05, 0) is 12.8 Å². The molecule has 4 nitrogen and oxygen atoms in total. The van der Waals surface area contributed by atoms with E-state index in [0.29, 0.717) is 12.8 Å². The van der Waals surface area contributed by atoms with Gasteiger partial charge in [-0.2, -0.15) is 13.2 Å². The monoisotopic (exact) mass is 236 g/mol. The van der Waals surface area contributed by atoms with E-state index < -0.39 is 30.1 Å². The number of amides is 3. The Bertz CT molecular complexity index is 336. The van der Waals surface area contributed by atoms with E-state index in [1.807, 2.05) is 0 Å². The molecule has 3 amide bonds. The van der Waals surface area contributed by atoms with Crippen LogP contribution in [0.3, 0.4) is 0 Å². The highest BCUT2D eigenvalue weighted by Crippen LogP contribution is 2.43. The lowest BCUT2D eigenvalue weighted by Crippen LogP contribution is -2.64. The molecule has 0 aromatic carbocycles. The number of carbonyl (C=O) groups excluding carboxylic acids is 2. The number of urea groups is 1. The molecule has 1 aliphatic carbocycles. The van der Waals surface area contributed by atoms with Crippen molar-refractivity contribution in [2.75, 3.05) is 13.1 Å². The SMILES string of the molecule is O=C1NCC2(CCC2)C(=O)N1CC(F)(F)F. The van der Waals surface area contributed by atoms with Gasteiger partial charge in [0, 0.05) is 6.54 Å². The second kappa shape index (κ2) is 3.36. The van der Waals surface area contributed by atoms with Crippen LogP contribution in [0.2, 0.25) is 0 Å². The molecule has 2 rings (SSSR count). The Morgan fingerprint density at radius 1 is 1.31 bits per heavy atom. The summed E-state index contributed by atoms with van der Waals surface area (Å²) < 4.78 is 36.6. The van der Waals surface area contributed by atoms with Crippen molar-refractivity contribution < 1.29 is 22.8 Å². The first-order valence-corrected chi connectivity index (χ1v) is 5.01. The van der Waals surface area contributed by atoms with Crippen LogP contribution in [-0.2, 0) is 4.79 Å². The Morgan fingerprint density at radius 2 is 1.94 bits per heavy atom. The Hall–Kier alpha value is -1.27. The van der Waals surface area contributed by atoms with Crippen molar-refractivity contribution >= 4 is 11.9 Å². The maximum absolute atomic E-state index is 12.2. The second-order valence-electron chi connectivity index (χ2n) is 4.30. The molecular weight excluding hydrogens is 225 g/mol. The van der Waals surface area contributed by atoms with Gasteiger partial charge in [-0.15, -0.1) is 0 Å². The zero-order chi connectivity index (χ0) is 12.0. The molecule has 1 saturated heterocycles. The van der Waals surface area contributed by atoms with Gasteiger partial charge in [-0.1, -0.05) is 6.42 Å².